The number of nitro benzene ring substituents is 1. The second-order valence-corrected chi connectivity index (χ2v) is 7.74. The van der Waals surface area contributed by atoms with Gasteiger partial charge in [0.15, 0.2) is 4.80 Å². The molecule has 0 saturated heterocycles. The van der Waals surface area contributed by atoms with Gasteiger partial charge in [0.2, 0.25) is 0 Å². The fourth-order valence-corrected chi connectivity index (χ4v) is 4.04. The van der Waals surface area contributed by atoms with Crippen molar-refractivity contribution in [1.82, 2.24) is 4.57 Å². The van der Waals surface area contributed by atoms with Crippen molar-refractivity contribution >= 4 is 28.8 Å². The van der Waals surface area contributed by atoms with E-state index in [0.717, 1.165) is 5.69 Å². The average molecular weight is 394 g/mol. The summed E-state index contributed by atoms with van der Waals surface area (Å²) in [6.45, 7) is 5.05. The molecule has 0 N–H and O–H groups in total. The molecule has 1 aliphatic rings. The molecule has 0 saturated carbocycles. The lowest BCUT2D eigenvalue weighted by Crippen LogP contribution is -2.42. The number of aromatic nitrogens is 1. The Balaban J connectivity index is 1.70. The number of nitrogens with zero attached hydrogens (tertiary/aromatic N) is 4. The van der Waals surface area contributed by atoms with Crippen molar-refractivity contribution in [2.45, 2.75) is 20.5 Å². The molecule has 2 heterocycles. The van der Waals surface area contributed by atoms with Crippen LogP contribution in [0.2, 0.25) is 0 Å². The van der Waals surface area contributed by atoms with Crippen LogP contribution >= 0.6 is 11.3 Å². The van der Waals surface area contributed by atoms with E-state index in [1.807, 2.05) is 11.0 Å². The van der Waals surface area contributed by atoms with Crippen LogP contribution in [0.3, 0.4) is 0 Å². The molecule has 7 nitrogen and oxygen atoms in total. The Hall–Kier alpha value is -3.26. The number of benzene rings is 2. The van der Waals surface area contributed by atoms with Crippen LogP contribution in [0.15, 0.2) is 52.3 Å². The van der Waals surface area contributed by atoms with Crippen LogP contribution < -0.4 is 19.8 Å². The maximum absolute atomic E-state index is 12.9. The van der Waals surface area contributed by atoms with Gasteiger partial charge in [-0.2, -0.15) is 0 Å². The zero-order chi connectivity index (χ0) is 19.8. The van der Waals surface area contributed by atoms with E-state index < -0.39 is 4.92 Å². The highest BCUT2D eigenvalue weighted by Gasteiger charge is 2.16. The SMILES string of the molecule is Cc1ccc(N2CN=c3sc(=Cc4cccc([N+](=O)[O-])c4)c(=O)n3C2)cc1C. The third-order valence-electron chi connectivity index (χ3n) is 4.81. The van der Waals surface area contributed by atoms with E-state index in [-0.39, 0.29) is 11.2 Å². The summed E-state index contributed by atoms with van der Waals surface area (Å²) in [5, 5.41) is 11.0. The number of non-ortho nitro benzene ring substituents is 1. The topological polar surface area (TPSA) is 80.7 Å². The summed E-state index contributed by atoms with van der Waals surface area (Å²) < 4.78 is 2.16. The molecule has 0 amide bonds. The maximum Gasteiger partial charge on any atom is 0.271 e. The fourth-order valence-electron chi connectivity index (χ4n) is 3.08. The van der Waals surface area contributed by atoms with Crippen LogP contribution in [0.5, 0.6) is 0 Å². The molecule has 28 heavy (non-hydrogen) atoms. The van der Waals surface area contributed by atoms with Crippen LogP contribution in [0.4, 0.5) is 11.4 Å². The molecule has 0 spiro atoms. The lowest BCUT2D eigenvalue weighted by molar-refractivity contribution is -0.384. The highest BCUT2D eigenvalue weighted by atomic mass is 32.1. The van der Waals surface area contributed by atoms with E-state index in [0.29, 0.717) is 28.2 Å². The molecule has 0 bridgehead atoms. The molecule has 0 fully saturated rings. The van der Waals surface area contributed by atoms with Crippen LogP contribution in [-0.4, -0.2) is 16.2 Å². The average Bonchev–Trinajstić information content (AvgIpc) is 2.99. The zero-order valence-corrected chi connectivity index (χ0v) is 16.3. The third kappa shape index (κ3) is 3.34. The molecular weight excluding hydrogens is 376 g/mol. The molecular formula is C20H18N4O3S. The van der Waals surface area contributed by atoms with Gasteiger partial charge in [0, 0.05) is 17.8 Å². The summed E-state index contributed by atoms with van der Waals surface area (Å²) in [7, 11) is 0. The third-order valence-corrected chi connectivity index (χ3v) is 5.86. The van der Waals surface area contributed by atoms with Crippen molar-refractivity contribution in [3.63, 3.8) is 0 Å². The molecule has 4 rings (SSSR count). The van der Waals surface area contributed by atoms with Crippen LogP contribution in [0, 0.1) is 24.0 Å². The number of aryl methyl sites for hydroxylation is 2. The van der Waals surface area contributed by atoms with Gasteiger partial charge < -0.3 is 4.90 Å². The minimum Gasteiger partial charge on any atom is -0.334 e. The molecule has 0 unspecified atom stereocenters. The predicted octanol–water partition coefficient (Wildman–Crippen LogP) is 2.32. The maximum atomic E-state index is 12.9. The molecule has 2 aromatic carbocycles. The van der Waals surface area contributed by atoms with Gasteiger partial charge in [-0.1, -0.05) is 29.5 Å². The Labute approximate surface area is 164 Å². The summed E-state index contributed by atoms with van der Waals surface area (Å²) in [5.74, 6) is 0. The lowest BCUT2D eigenvalue weighted by atomic mass is 10.1. The lowest BCUT2D eigenvalue weighted by Gasteiger charge is -2.26. The first kappa shape index (κ1) is 18.1. The second-order valence-electron chi connectivity index (χ2n) is 6.73. The highest BCUT2D eigenvalue weighted by Crippen LogP contribution is 2.20. The van der Waals surface area contributed by atoms with E-state index in [1.165, 1.54) is 34.6 Å². The van der Waals surface area contributed by atoms with E-state index in [2.05, 4.69) is 31.0 Å². The number of hydrogen-bond donors (Lipinski definition) is 0. The molecule has 0 radical (unpaired) electrons. The quantitative estimate of drug-likeness (QED) is 0.504. The first-order valence-electron chi connectivity index (χ1n) is 8.75. The van der Waals surface area contributed by atoms with Crippen LogP contribution in [0.1, 0.15) is 16.7 Å². The molecule has 1 aromatic heterocycles. The van der Waals surface area contributed by atoms with Gasteiger partial charge in [-0.3, -0.25) is 19.5 Å². The van der Waals surface area contributed by atoms with Crippen LogP contribution in [0.25, 0.3) is 6.08 Å². The fraction of sp³-hybridized carbons (Fsp3) is 0.200. The minimum absolute atomic E-state index is 0.000718. The first-order valence-corrected chi connectivity index (χ1v) is 9.56. The summed E-state index contributed by atoms with van der Waals surface area (Å²) in [6.07, 6.45) is 1.68. The number of anilines is 1. The largest absolute Gasteiger partial charge is 0.334 e. The van der Waals surface area contributed by atoms with Gasteiger partial charge in [0.25, 0.3) is 11.2 Å². The normalized spacial score (nSPS) is 13.9. The van der Waals surface area contributed by atoms with Gasteiger partial charge in [0.1, 0.15) is 13.3 Å². The predicted molar refractivity (Wildman–Crippen MR) is 109 cm³/mol. The van der Waals surface area contributed by atoms with Crippen molar-refractivity contribution in [2.75, 3.05) is 11.6 Å². The van der Waals surface area contributed by atoms with E-state index >= 15 is 0 Å². The number of nitro groups is 1. The Morgan fingerprint density at radius 1 is 1.18 bits per heavy atom. The standard InChI is InChI=1S/C20H18N4O3S/c1-13-6-7-16(8-14(13)2)22-11-21-20-23(12-22)19(25)18(28-20)10-15-4-3-5-17(9-15)24(26)27/h3-10H,11-12H2,1-2H3. The van der Waals surface area contributed by atoms with Crippen molar-refractivity contribution < 1.29 is 4.92 Å². The molecule has 0 aliphatic carbocycles. The van der Waals surface area contributed by atoms with Crippen LogP contribution in [-0.2, 0) is 6.67 Å². The Morgan fingerprint density at radius 2 is 2.00 bits per heavy atom. The second kappa shape index (κ2) is 7.05. The van der Waals surface area contributed by atoms with E-state index in [4.69, 9.17) is 0 Å². The summed E-state index contributed by atoms with van der Waals surface area (Å²) in [4.78, 5) is 30.6. The number of hydrogen-bond acceptors (Lipinski definition) is 6. The van der Waals surface area contributed by atoms with Gasteiger partial charge in [-0.25, -0.2) is 4.99 Å². The number of rotatable bonds is 3. The summed E-state index contributed by atoms with van der Waals surface area (Å²) in [5.41, 5.74) is 3.93. The smallest absolute Gasteiger partial charge is 0.271 e. The number of thiazole rings is 1. The van der Waals surface area contributed by atoms with Gasteiger partial charge >= 0.3 is 0 Å². The van der Waals surface area contributed by atoms with Crippen molar-refractivity contribution in [3.05, 3.63) is 89.0 Å². The Morgan fingerprint density at radius 3 is 2.75 bits per heavy atom. The van der Waals surface area contributed by atoms with Gasteiger partial charge in [0.05, 0.1) is 9.46 Å². The first-order chi connectivity index (χ1) is 13.4. The summed E-state index contributed by atoms with van der Waals surface area (Å²) in [6, 6.07) is 12.5. The molecule has 142 valence electrons. The highest BCUT2D eigenvalue weighted by molar-refractivity contribution is 7.07. The molecule has 3 aromatic rings. The van der Waals surface area contributed by atoms with Crippen molar-refractivity contribution in [1.29, 1.82) is 0 Å². The molecule has 1 aliphatic heterocycles. The van der Waals surface area contributed by atoms with Crippen molar-refractivity contribution in [2.24, 2.45) is 4.99 Å². The summed E-state index contributed by atoms with van der Waals surface area (Å²) >= 11 is 1.31. The van der Waals surface area contributed by atoms with E-state index in [1.54, 1.807) is 22.8 Å². The zero-order valence-electron chi connectivity index (χ0n) is 15.5. The Kier molecular flexibility index (Phi) is 4.56. The number of fused-ring (bicyclic) bond motifs is 1. The van der Waals surface area contributed by atoms with Gasteiger partial charge in [-0.15, -0.1) is 0 Å². The van der Waals surface area contributed by atoms with Gasteiger partial charge in [-0.05, 0) is 48.7 Å². The molecule has 8 heteroatoms. The Bertz CT molecular complexity index is 1260. The van der Waals surface area contributed by atoms with E-state index in [9.17, 15) is 14.9 Å². The van der Waals surface area contributed by atoms with Crippen molar-refractivity contribution in [3.8, 4) is 0 Å². The minimum atomic E-state index is -0.444. The molecule has 0 atom stereocenters. The monoisotopic (exact) mass is 394 g/mol.